The van der Waals surface area contributed by atoms with Gasteiger partial charge in [0.25, 0.3) is 5.91 Å². The third kappa shape index (κ3) is 4.42. The number of nitrogens with zero attached hydrogens (tertiary/aromatic N) is 3. The molecule has 0 unspecified atom stereocenters. The summed E-state index contributed by atoms with van der Waals surface area (Å²) >= 11 is 0. The van der Waals surface area contributed by atoms with E-state index in [4.69, 9.17) is 10.00 Å². The van der Waals surface area contributed by atoms with Gasteiger partial charge in [-0.3, -0.25) is 9.78 Å². The predicted molar refractivity (Wildman–Crippen MR) is 81.2 cm³/mol. The van der Waals surface area contributed by atoms with Crippen molar-refractivity contribution >= 4 is 11.6 Å². The second-order valence-electron chi connectivity index (χ2n) is 4.40. The number of carbonyl (C=O) groups is 1. The first-order valence-corrected chi connectivity index (χ1v) is 6.55. The summed E-state index contributed by atoms with van der Waals surface area (Å²) in [5, 5.41) is 12.7. The van der Waals surface area contributed by atoms with Crippen LogP contribution in [-0.4, -0.2) is 23.2 Å². The van der Waals surface area contributed by atoms with Crippen LogP contribution in [0.4, 0.5) is 0 Å². The Morgan fingerprint density at radius 1 is 1.36 bits per heavy atom. The normalized spacial score (nSPS) is 10.6. The lowest BCUT2D eigenvalue weighted by atomic mass is 10.2. The molecule has 0 atom stereocenters. The van der Waals surface area contributed by atoms with Crippen LogP contribution in [0.5, 0.6) is 5.75 Å². The van der Waals surface area contributed by atoms with Gasteiger partial charge >= 0.3 is 0 Å². The Morgan fingerprint density at radius 3 is 2.77 bits per heavy atom. The Labute approximate surface area is 128 Å². The summed E-state index contributed by atoms with van der Waals surface area (Å²) < 4.78 is 5.30. The molecule has 2 rings (SSSR count). The molecule has 1 amide bonds. The van der Waals surface area contributed by atoms with Gasteiger partial charge in [-0.05, 0) is 37.3 Å². The molecule has 0 fully saturated rings. The van der Waals surface area contributed by atoms with Crippen molar-refractivity contribution in [2.45, 2.75) is 6.92 Å². The number of benzene rings is 1. The van der Waals surface area contributed by atoms with Crippen LogP contribution < -0.4 is 10.2 Å². The molecular formula is C16H14N4O2. The van der Waals surface area contributed by atoms with Gasteiger partial charge in [0.15, 0.2) is 6.61 Å². The number of hydrogen-bond donors (Lipinski definition) is 1. The quantitative estimate of drug-likeness (QED) is 0.673. The third-order valence-corrected chi connectivity index (χ3v) is 2.78. The highest BCUT2D eigenvalue weighted by Crippen LogP contribution is 2.11. The van der Waals surface area contributed by atoms with Crippen molar-refractivity contribution in [2.75, 3.05) is 6.61 Å². The lowest BCUT2D eigenvalue weighted by Crippen LogP contribution is -2.25. The molecule has 0 saturated heterocycles. The van der Waals surface area contributed by atoms with Crippen molar-refractivity contribution in [1.29, 1.82) is 5.26 Å². The average Bonchev–Trinajstić information content (AvgIpc) is 2.59. The molecule has 110 valence electrons. The van der Waals surface area contributed by atoms with Gasteiger partial charge in [-0.25, -0.2) is 5.43 Å². The van der Waals surface area contributed by atoms with E-state index in [0.717, 1.165) is 5.56 Å². The number of pyridine rings is 1. The zero-order valence-electron chi connectivity index (χ0n) is 12.0. The lowest BCUT2D eigenvalue weighted by molar-refractivity contribution is -0.123. The molecule has 22 heavy (non-hydrogen) atoms. The molecule has 0 bridgehead atoms. The summed E-state index contributed by atoms with van der Waals surface area (Å²) in [5.74, 6) is 0.148. The predicted octanol–water partition coefficient (Wildman–Crippen LogP) is 1.87. The molecule has 0 aliphatic heterocycles. The number of hydrogen-bond acceptors (Lipinski definition) is 5. The smallest absolute Gasteiger partial charge is 0.277 e. The molecule has 2 aromatic rings. The molecule has 1 heterocycles. The second kappa shape index (κ2) is 7.55. The zero-order chi connectivity index (χ0) is 15.8. The number of rotatable bonds is 5. The van der Waals surface area contributed by atoms with Gasteiger partial charge in [0.1, 0.15) is 5.75 Å². The van der Waals surface area contributed by atoms with E-state index in [9.17, 15) is 4.79 Å². The highest BCUT2D eigenvalue weighted by Gasteiger charge is 2.03. The highest BCUT2D eigenvalue weighted by atomic mass is 16.5. The number of nitrogens with one attached hydrogen (secondary N) is 1. The molecular weight excluding hydrogens is 280 g/mol. The first-order chi connectivity index (χ1) is 10.7. The van der Waals surface area contributed by atoms with Gasteiger partial charge in [0.05, 0.1) is 17.3 Å². The van der Waals surface area contributed by atoms with Gasteiger partial charge in [-0.15, -0.1) is 0 Å². The van der Waals surface area contributed by atoms with Crippen LogP contribution in [-0.2, 0) is 4.79 Å². The van der Waals surface area contributed by atoms with Crippen LogP contribution >= 0.6 is 0 Å². The Morgan fingerprint density at radius 2 is 2.14 bits per heavy atom. The van der Waals surface area contributed by atoms with Crippen molar-refractivity contribution in [1.82, 2.24) is 10.4 Å². The number of nitriles is 1. The molecule has 6 nitrogen and oxygen atoms in total. The van der Waals surface area contributed by atoms with Crippen molar-refractivity contribution in [2.24, 2.45) is 5.10 Å². The first-order valence-electron chi connectivity index (χ1n) is 6.55. The Hall–Kier alpha value is -3.20. The maximum Gasteiger partial charge on any atom is 0.277 e. The van der Waals surface area contributed by atoms with Gasteiger partial charge in [0, 0.05) is 18.0 Å². The van der Waals surface area contributed by atoms with E-state index >= 15 is 0 Å². The van der Waals surface area contributed by atoms with E-state index in [2.05, 4.69) is 15.5 Å². The Balaban J connectivity index is 1.84. The number of aromatic nitrogens is 1. The van der Waals surface area contributed by atoms with E-state index < -0.39 is 0 Å². The summed E-state index contributed by atoms with van der Waals surface area (Å²) in [7, 11) is 0. The van der Waals surface area contributed by atoms with Crippen LogP contribution in [0.1, 0.15) is 18.1 Å². The number of carbonyl (C=O) groups excluding carboxylic acids is 1. The number of hydrazone groups is 1. The highest BCUT2D eigenvalue weighted by molar-refractivity contribution is 5.98. The molecule has 0 saturated carbocycles. The molecule has 0 aliphatic carbocycles. The van der Waals surface area contributed by atoms with E-state index in [1.165, 1.54) is 0 Å². The monoisotopic (exact) mass is 294 g/mol. The van der Waals surface area contributed by atoms with Gasteiger partial charge in [0.2, 0.25) is 0 Å². The lowest BCUT2D eigenvalue weighted by Gasteiger charge is -2.05. The van der Waals surface area contributed by atoms with Crippen LogP contribution in [0.15, 0.2) is 53.9 Å². The van der Waals surface area contributed by atoms with Crippen LogP contribution in [0, 0.1) is 11.3 Å². The molecule has 0 radical (unpaired) electrons. The summed E-state index contributed by atoms with van der Waals surface area (Å²) in [6.07, 6.45) is 3.33. The fourth-order valence-electron chi connectivity index (χ4n) is 1.59. The molecule has 1 aromatic carbocycles. The summed E-state index contributed by atoms with van der Waals surface area (Å²) in [6, 6.07) is 12.2. The molecule has 0 spiro atoms. The standard InChI is InChI=1S/C16H14N4O2/c1-12(14-3-2-8-18-10-14)19-20-16(21)11-22-15-6-4-13(9-17)5-7-15/h2-8,10H,11H2,1H3,(H,20,21)/b19-12+. The summed E-state index contributed by atoms with van der Waals surface area (Å²) in [5.41, 5.74) is 4.44. The Kier molecular flexibility index (Phi) is 5.21. The van der Waals surface area contributed by atoms with E-state index in [0.29, 0.717) is 17.0 Å². The van der Waals surface area contributed by atoms with E-state index in [-0.39, 0.29) is 12.5 Å². The van der Waals surface area contributed by atoms with Crippen molar-refractivity contribution in [3.63, 3.8) is 0 Å². The summed E-state index contributed by atoms with van der Waals surface area (Å²) in [4.78, 5) is 15.6. The minimum absolute atomic E-state index is 0.157. The molecule has 6 heteroatoms. The van der Waals surface area contributed by atoms with Gasteiger partial charge in [-0.2, -0.15) is 10.4 Å². The third-order valence-electron chi connectivity index (χ3n) is 2.78. The van der Waals surface area contributed by atoms with Crippen LogP contribution in [0.2, 0.25) is 0 Å². The van der Waals surface area contributed by atoms with E-state index in [1.807, 2.05) is 12.1 Å². The second-order valence-corrected chi connectivity index (χ2v) is 4.40. The fraction of sp³-hybridized carbons (Fsp3) is 0.125. The van der Waals surface area contributed by atoms with Crippen LogP contribution in [0.25, 0.3) is 0 Å². The average molecular weight is 294 g/mol. The first kappa shape index (κ1) is 15.2. The molecule has 0 aliphatic rings. The summed E-state index contributed by atoms with van der Waals surface area (Å²) in [6.45, 7) is 1.62. The molecule has 1 aromatic heterocycles. The zero-order valence-corrected chi connectivity index (χ0v) is 12.0. The van der Waals surface area contributed by atoms with Crippen molar-refractivity contribution in [3.8, 4) is 11.8 Å². The van der Waals surface area contributed by atoms with Crippen molar-refractivity contribution in [3.05, 3.63) is 59.9 Å². The van der Waals surface area contributed by atoms with Gasteiger partial charge < -0.3 is 4.74 Å². The topological polar surface area (TPSA) is 87.4 Å². The fourth-order valence-corrected chi connectivity index (χ4v) is 1.59. The van der Waals surface area contributed by atoms with Crippen LogP contribution in [0.3, 0.4) is 0 Å². The van der Waals surface area contributed by atoms with Gasteiger partial charge in [-0.1, -0.05) is 6.07 Å². The maximum absolute atomic E-state index is 11.7. The minimum Gasteiger partial charge on any atom is -0.484 e. The largest absolute Gasteiger partial charge is 0.484 e. The van der Waals surface area contributed by atoms with Crippen molar-refractivity contribution < 1.29 is 9.53 Å². The Bertz CT molecular complexity index is 703. The minimum atomic E-state index is -0.368. The SMILES string of the molecule is C/C(=N\NC(=O)COc1ccc(C#N)cc1)c1cccnc1. The maximum atomic E-state index is 11.7. The number of ether oxygens (including phenoxy) is 1. The van der Waals surface area contributed by atoms with E-state index in [1.54, 1.807) is 49.6 Å². The molecule has 1 N–H and O–H groups in total. The number of amides is 1.